The summed E-state index contributed by atoms with van der Waals surface area (Å²) in [5.41, 5.74) is 0. The average molecular weight is 365 g/mol. The first-order valence-electron chi connectivity index (χ1n) is 9.00. The fourth-order valence-electron chi connectivity index (χ4n) is 3.76. The zero-order chi connectivity index (χ0) is 17.4. The van der Waals surface area contributed by atoms with E-state index in [1.807, 2.05) is 0 Å². The van der Waals surface area contributed by atoms with Gasteiger partial charge in [0.05, 0.1) is 0 Å². The monoisotopic (exact) mass is 365 g/mol. The fraction of sp³-hybridized carbons (Fsp3) is 0.647. The molecule has 3 heterocycles. The summed E-state index contributed by atoms with van der Waals surface area (Å²) in [4.78, 5) is 4.65. The highest BCUT2D eigenvalue weighted by Crippen LogP contribution is 2.34. The molecule has 2 aromatic heterocycles. The zero-order valence-electron chi connectivity index (χ0n) is 14.4. The van der Waals surface area contributed by atoms with Gasteiger partial charge in [-0.1, -0.05) is 24.4 Å². The summed E-state index contributed by atoms with van der Waals surface area (Å²) in [7, 11) is -3.52. The van der Waals surface area contributed by atoms with Crippen LogP contribution < -0.4 is 0 Å². The van der Waals surface area contributed by atoms with Gasteiger partial charge in [-0.25, -0.2) is 8.42 Å². The summed E-state index contributed by atoms with van der Waals surface area (Å²) in [6, 6.07) is 1.52. The molecule has 0 amide bonds. The minimum absolute atomic E-state index is 0.196. The van der Waals surface area contributed by atoms with Crippen molar-refractivity contribution in [1.82, 2.24) is 14.4 Å². The highest BCUT2D eigenvalue weighted by atomic mass is 32.2. The summed E-state index contributed by atoms with van der Waals surface area (Å²) in [6.45, 7) is 2.79. The Labute approximate surface area is 147 Å². The molecule has 1 saturated heterocycles. The molecule has 4 rings (SSSR count). The maximum absolute atomic E-state index is 12.8. The van der Waals surface area contributed by atoms with Crippen molar-refractivity contribution in [3.8, 4) is 11.7 Å². The van der Waals surface area contributed by atoms with Crippen LogP contribution in [0.15, 0.2) is 19.9 Å². The van der Waals surface area contributed by atoms with Crippen molar-refractivity contribution < 1.29 is 17.4 Å². The molecule has 0 bridgehead atoms. The minimum atomic E-state index is -3.52. The molecule has 2 fully saturated rings. The third kappa shape index (κ3) is 3.13. The molecule has 8 heteroatoms. The number of furan rings is 1. The van der Waals surface area contributed by atoms with Gasteiger partial charge in [0.2, 0.25) is 10.0 Å². The minimum Gasteiger partial charge on any atom is -0.455 e. The summed E-state index contributed by atoms with van der Waals surface area (Å²) in [6.07, 6.45) is 7.58. The van der Waals surface area contributed by atoms with Crippen LogP contribution in [0.25, 0.3) is 11.7 Å². The van der Waals surface area contributed by atoms with Gasteiger partial charge in [-0.3, -0.25) is 0 Å². The van der Waals surface area contributed by atoms with Crippen LogP contribution in [-0.2, 0) is 10.0 Å². The molecule has 2 aliphatic rings. The van der Waals surface area contributed by atoms with Gasteiger partial charge in [-0.2, -0.15) is 9.29 Å². The fourth-order valence-corrected chi connectivity index (χ4v) is 5.43. The molecule has 0 unspecified atom stereocenters. The van der Waals surface area contributed by atoms with E-state index in [9.17, 15) is 8.42 Å². The number of aromatic nitrogens is 2. The van der Waals surface area contributed by atoms with Gasteiger partial charge < -0.3 is 8.94 Å². The Morgan fingerprint density at radius 3 is 2.56 bits per heavy atom. The van der Waals surface area contributed by atoms with Crippen LogP contribution >= 0.6 is 0 Å². The third-order valence-electron chi connectivity index (χ3n) is 5.18. The first-order valence-corrected chi connectivity index (χ1v) is 10.4. The van der Waals surface area contributed by atoms with Gasteiger partial charge in [0.15, 0.2) is 11.6 Å². The van der Waals surface area contributed by atoms with Crippen molar-refractivity contribution in [3.63, 3.8) is 0 Å². The smallest absolute Gasteiger partial charge is 0.293 e. The first-order chi connectivity index (χ1) is 12.1. The predicted octanol–water partition coefficient (Wildman–Crippen LogP) is 3.47. The second-order valence-electron chi connectivity index (χ2n) is 6.93. The lowest BCUT2D eigenvalue weighted by atomic mass is 9.89. The molecule has 0 radical (unpaired) electrons. The average Bonchev–Trinajstić information content (AvgIpc) is 3.36. The maximum Gasteiger partial charge on any atom is 0.293 e. The molecule has 25 heavy (non-hydrogen) atoms. The molecule has 2 aromatic rings. The number of hydrogen-bond donors (Lipinski definition) is 0. The molecule has 1 aliphatic heterocycles. The highest BCUT2D eigenvalue weighted by molar-refractivity contribution is 7.89. The van der Waals surface area contributed by atoms with Crippen LogP contribution in [0.5, 0.6) is 0 Å². The van der Waals surface area contributed by atoms with Gasteiger partial charge in [-0.05, 0) is 32.6 Å². The van der Waals surface area contributed by atoms with Crippen LogP contribution in [0.1, 0.15) is 62.4 Å². The second kappa shape index (κ2) is 6.57. The van der Waals surface area contributed by atoms with Gasteiger partial charge in [0, 0.05) is 25.1 Å². The number of sulfonamides is 1. The molecule has 0 spiro atoms. The topological polar surface area (TPSA) is 89.4 Å². The van der Waals surface area contributed by atoms with Crippen LogP contribution in [0.3, 0.4) is 0 Å². The second-order valence-corrected chi connectivity index (χ2v) is 8.84. The molecule has 7 nitrogen and oxygen atoms in total. The van der Waals surface area contributed by atoms with E-state index in [2.05, 4.69) is 10.1 Å². The van der Waals surface area contributed by atoms with E-state index in [4.69, 9.17) is 8.94 Å². The van der Waals surface area contributed by atoms with Crippen LogP contribution in [0.4, 0.5) is 0 Å². The lowest BCUT2D eigenvalue weighted by molar-refractivity contribution is 0.379. The van der Waals surface area contributed by atoms with Crippen LogP contribution in [0.2, 0.25) is 0 Å². The molecule has 0 aromatic carbocycles. The quantitative estimate of drug-likeness (QED) is 0.824. The van der Waals surface area contributed by atoms with Crippen molar-refractivity contribution in [3.05, 3.63) is 17.7 Å². The Kier molecular flexibility index (Phi) is 4.41. The molecule has 136 valence electrons. The summed E-state index contributed by atoms with van der Waals surface area (Å²) in [5, 5.41) is 4.09. The third-order valence-corrected chi connectivity index (χ3v) is 7.18. The number of hydrogen-bond acceptors (Lipinski definition) is 6. The van der Waals surface area contributed by atoms with E-state index in [0.29, 0.717) is 36.4 Å². The van der Waals surface area contributed by atoms with E-state index < -0.39 is 10.0 Å². The van der Waals surface area contributed by atoms with Crippen molar-refractivity contribution in [1.29, 1.82) is 0 Å². The normalized spacial score (nSPS) is 20.4. The first kappa shape index (κ1) is 16.8. The largest absolute Gasteiger partial charge is 0.455 e. The summed E-state index contributed by atoms with van der Waals surface area (Å²) < 4.78 is 38.0. The summed E-state index contributed by atoms with van der Waals surface area (Å²) in [5.74, 6) is 1.97. The highest BCUT2D eigenvalue weighted by Gasteiger charge is 2.32. The van der Waals surface area contributed by atoms with Crippen LogP contribution in [0, 0.1) is 6.92 Å². The lowest BCUT2D eigenvalue weighted by Crippen LogP contribution is -2.27. The number of nitrogens with zero attached hydrogens (tertiary/aromatic N) is 3. The van der Waals surface area contributed by atoms with Crippen molar-refractivity contribution in [2.45, 2.75) is 62.7 Å². The molecule has 1 aliphatic carbocycles. The van der Waals surface area contributed by atoms with Crippen molar-refractivity contribution >= 4 is 10.0 Å². The SMILES string of the molecule is Cc1oc(-c2nc(C3CCCCC3)no2)cc1S(=O)(=O)N1CCCC1. The van der Waals surface area contributed by atoms with Crippen molar-refractivity contribution in [2.75, 3.05) is 13.1 Å². The Morgan fingerprint density at radius 1 is 1.12 bits per heavy atom. The lowest BCUT2D eigenvalue weighted by Gasteiger charge is -2.17. The van der Waals surface area contributed by atoms with Gasteiger partial charge in [0.1, 0.15) is 10.7 Å². The Balaban J connectivity index is 1.61. The van der Waals surface area contributed by atoms with E-state index in [1.165, 1.54) is 29.6 Å². The molecule has 0 atom stereocenters. The van der Waals surface area contributed by atoms with E-state index in [1.54, 1.807) is 6.92 Å². The number of rotatable bonds is 4. The van der Waals surface area contributed by atoms with E-state index in [0.717, 1.165) is 25.7 Å². The maximum atomic E-state index is 12.8. The Bertz CT molecular complexity index is 843. The Hall–Kier alpha value is -1.67. The van der Waals surface area contributed by atoms with Gasteiger partial charge in [-0.15, -0.1) is 0 Å². The van der Waals surface area contributed by atoms with Gasteiger partial charge in [0.25, 0.3) is 5.89 Å². The molecule has 0 N–H and O–H groups in total. The van der Waals surface area contributed by atoms with E-state index in [-0.39, 0.29) is 10.8 Å². The molecular weight excluding hydrogens is 342 g/mol. The van der Waals surface area contributed by atoms with Crippen LogP contribution in [-0.4, -0.2) is 36.0 Å². The predicted molar refractivity (Wildman–Crippen MR) is 90.6 cm³/mol. The number of aryl methyl sites for hydroxylation is 1. The standard InChI is InChI=1S/C17H23N3O4S/c1-12-15(25(21,22)20-9-5-6-10-20)11-14(23-12)17-18-16(19-24-17)13-7-3-2-4-8-13/h11,13H,2-10H2,1H3. The zero-order valence-corrected chi connectivity index (χ0v) is 15.2. The summed E-state index contributed by atoms with van der Waals surface area (Å²) >= 11 is 0. The van der Waals surface area contributed by atoms with Gasteiger partial charge >= 0.3 is 0 Å². The Morgan fingerprint density at radius 2 is 1.84 bits per heavy atom. The van der Waals surface area contributed by atoms with Crippen molar-refractivity contribution in [2.24, 2.45) is 0 Å². The molecular formula is C17H23N3O4S. The van der Waals surface area contributed by atoms with E-state index >= 15 is 0 Å². The molecule has 1 saturated carbocycles.